The van der Waals surface area contributed by atoms with Crippen molar-refractivity contribution in [2.24, 2.45) is 11.8 Å². The molecule has 0 aliphatic carbocycles. The first-order valence-electron chi connectivity index (χ1n) is 8.85. The molecule has 2 aromatic rings. The summed E-state index contributed by atoms with van der Waals surface area (Å²) in [6.45, 7) is 3.60. The number of aromatic nitrogens is 1. The number of pyridine rings is 1. The Morgan fingerprint density at radius 1 is 1.40 bits per heavy atom. The van der Waals surface area contributed by atoms with Crippen LogP contribution in [-0.2, 0) is 16.1 Å². The molecule has 2 fully saturated rings. The lowest BCUT2D eigenvalue weighted by Crippen LogP contribution is -2.52. The standard InChI is InChI=1S/C19H23N3O2S/c23-19(21-15-2-1-6-20-10-15)16-4-8-24-18-3-7-22(12-17(16)18)11-14-5-9-25-13-14/h1-2,5-6,9-10,13,16-18H,3-4,7-8,11-12H2,(H,21,23)/t16-,17+,18-/m1/s1. The van der Waals surface area contributed by atoms with Crippen LogP contribution < -0.4 is 5.32 Å². The predicted molar refractivity (Wildman–Crippen MR) is 98.4 cm³/mol. The Labute approximate surface area is 152 Å². The van der Waals surface area contributed by atoms with Gasteiger partial charge >= 0.3 is 0 Å². The Morgan fingerprint density at radius 3 is 3.16 bits per heavy atom. The number of piperidine rings is 1. The van der Waals surface area contributed by atoms with Gasteiger partial charge in [-0.1, -0.05) is 0 Å². The largest absolute Gasteiger partial charge is 0.378 e. The number of thiophene rings is 1. The van der Waals surface area contributed by atoms with Crippen molar-refractivity contribution in [2.75, 3.05) is 25.0 Å². The maximum Gasteiger partial charge on any atom is 0.228 e. The van der Waals surface area contributed by atoms with Gasteiger partial charge in [-0.3, -0.25) is 14.7 Å². The molecule has 2 aliphatic heterocycles. The van der Waals surface area contributed by atoms with Crippen molar-refractivity contribution >= 4 is 22.9 Å². The molecule has 25 heavy (non-hydrogen) atoms. The summed E-state index contributed by atoms with van der Waals surface area (Å²) in [6.07, 6.45) is 5.41. The summed E-state index contributed by atoms with van der Waals surface area (Å²) in [4.78, 5) is 19.4. The monoisotopic (exact) mass is 357 g/mol. The number of nitrogens with zero attached hydrogens (tertiary/aromatic N) is 2. The third-order valence-electron chi connectivity index (χ3n) is 5.21. The minimum Gasteiger partial charge on any atom is -0.378 e. The number of carbonyl (C=O) groups excluding carboxylic acids is 1. The van der Waals surface area contributed by atoms with Crippen LogP contribution in [0.5, 0.6) is 0 Å². The normalized spacial score (nSPS) is 26.8. The van der Waals surface area contributed by atoms with Crippen molar-refractivity contribution in [3.8, 4) is 0 Å². The van der Waals surface area contributed by atoms with E-state index < -0.39 is 0 Å². The molecule has 0 aromatic carbocycles. The summed E-state index contributed by atoms with van der Waals surface area (Å²) in [5.74, 6) is 0.366. The van der Waals surface area contributed by atoms with Gasteiger partial charge in [0, 0.05) is 44.3 Å². The Bertz CT molecular complexity index is 692. The maximum absolute atomic E-state index is 12.8. The van der Waals surface area contributed by atoms with Crippen LogP contribution in [0.15, 0.2) is 41.4 Å². The summed E-state index contributed by atoms with van der Waals surface area (Å²) in [7, 11) is 0. The van der Waals surface area contributed by atoms with Crippen molar-refractivity contribution in [2.45, 2.75) is 25.5 Å². The molecular weight excluding hydrogens is 334 g/mol. The number of nitrogens with one attached hydrogen (secondary N) is 1. The lowest BCUT2D eigenvalue weighted by molar-refractivity contribution is -0.137. The number of anilines is 1. The van der Waals surface area contributed by atoms with Gasteiger partial charge in [-0.25, -0.2) is 0 Å². The second-order valence-electron chi connectivity index (χ2n) is 6.85. The first-order valence-corrected chi connectivity index (χ1v) is 9.80. The quantitative estimate of drug-likeness (QED) is 0.914. The van der Waals surface area contributed by atoms with Gasteiger partial charge in [0.15, 0.2) is 0 Å². The molecule has 0 bridgehead atoms. The SMILES string of the molecule is O=C(Nc1cccnc1)[C@@H]1CCO[C@@H]2CCN(Cc3ccsc3)C[C@H]21. The van der Waals surface area contributed by atoms with Crippen LogP contribution in [0.3, 0.4) is 0 Å². The number of likely N-dealkylation sites (tertiary alicyclic amines) is 1. The van der Waals surface area contributed by atoms with Crippen LogP contribution in [0.25, 0.3) is 0 Å². The highest BCUT2D eigenvalue weighted by atomic mass is 32.1. The minimum atomic E-state index is 0.00392. The first kappa shape index (κ1) is 16.7. The lowest BCUT2D eigenvalue weighted by Gasteiger charge is -2.44. The zero-order chi connectivity index (χ0) is 17.1. The molecule has 1 N–H and O–H groups in total. The van der Waals surface area contributed by atoms with Gasteiger partial charge < -0.3 is 10.1 Å². The summed E-state index contributed by atoms with van der Waals surface area (Å²) in [6, 6.07) is 5.90. The van der Waals surface area contributed by atoms with E-state index in [2.05, 4.69) is 32.0 Å². The fraction of sp³-hybridized carbons (Fsp3) is 0.474. The van der Waals surface area contributed by atoms with Gasteiger partial charge in [0.25, 0.3) is 0 Å². The molecule has 4 rings (SSSR count). The fourth-order valence-electron chi connectivity index (χ4n) is 3.97. The van der Waals surface area contributed by atoms with E-state index in [-0.39, 0.29) is 23.8 Å². The molecule has 1 amide bonds. The minimum absolute atomic E-state index is 0.00392. The number of fused-ring (bicyclic) bond motifs is 1. The van der Waals surface area contributed by atoms with Crippen LogP contribution >= 0.6 is 11.3 Å². The lowest BCUT2D eigenvalue weighted by atomic mass is 9.79. The Kier molecular flexibility index (Phi) is 5.10. The number of rotatable bonds is 4. The van der Waals surface area contributed by atoms with E-state index in [1.54, 1.807) is 23.7 Å². The smallest absolute Gasteiger partial charge is 0.228 e. The molecule has 0 spiro atoms. The number of ether oxygens (including phenoxy) is 1. The number of carbonyl (C=O) groups is 1. The molecule has 2 aromatic heterocycles. The number of amides is 1. The molecule has 5 nitrogen and oxygen atoms in total. The highest BCUT2D eigenvalue weighted by Gasteiger charge is 2.41. The molecule has 132 valence electrons. The van der Waals surface area contributed by atoms with Crippen LogP contribution in [0.1, 0.15) is 18.4 Å². The van der Waals surface area contributed by atoms with Gasteiger partial charge in [0.05, 0.1) is 18.0 Å². The van der Waals surface area contributed by atoms with Crippen LogP contribution in [-0.4, -0.2) is 41.6 Å². The first-order chi connectivity index (χ1) is 12.3. The maximum atomic E-state index is 12.8. The zero-order valence-corrected chi connectivity index (χ0v) is 15.0. The van der Waals surface area contributed by atoms with Crippen molar-refractivity contribution in [3.63, 3.8) is 0 Å². The predicted octanol–water partition coefficient (Wildman–Crippen LogP) is 3.01. The molecular formula is C19H23N3O2S. The third kappa shape index (κ3) is 3.92. The molecule has 3 atom stereocenters. The molecule has 6 heteroatoms. The third-order valence-corrected chi connectivity index (χ3v) is 5.94. The van der Waals surface area contributed by atoms with Gasteiger partial charge in [0.1, 0.15) is 0 Å². The molecule has 0 unspecified atom stereocenters. The van der Waals surface area contributed by atoms with E-state index in [4.69, 9.17) is 4.74 Å². The van der Waals surface area contributed by atoms with E-state index in [1.165, 1.54) is 5.56 Å². The second kappa shape index (κ2) is 7.64. The van der Waals surface area contributed by atoms with E-state index in [9.17, 15) is 4.79 Å². The Balaban J connectivity index is 1.43. The van der Waals surface area contributed by atoms with Crippen LogP contribution in [0.2, 0.25) is 0 Å². The van der Waals surface area contributed by atoms with Crippen molar-refractivity contribution < 1.29 is 9.53 Å². The summed E-state index contributed by atoms with van der Waals surface area (Å²) in [5.41, 5.74) is 2.12. The Hall–Kier alpha value is -1.76. The van der Waals surface area contributed by atoms with E-state index in [1.807, 2.05) is 12.1 Å². The van der Waals surface area contributed by atoms with E-state index in [0.29, 0.717) is 6.61 Å². The Morgan fingerprint density at radius 2 is 2.36 bits per heavy atom. The van der Waals surface area contributed by atoms with Crippen molar-refractivity contribution in [3.05, 3.63) is 46.9 Å². The zero-order valence-electron chi connectivity index (χ0n) is 14.1. The van der Waals surface area contributed by atoms with Crippen molar-refractivity contribution in [1.29, 1.82) is 0 Å². The molecule has 4 heterocycles. The van der Waals surface area contributed by atoms with Crippen molar-refractivity contribution in [1.82, 2.24) is 9.88 Å². The molecule has 2 aliphatic rings. The van der Waals surface area contributed by atoms with Crippen LogP contribution in [0.4, 0.5) is 5.69 Å². The van der Waals surface area contributed by atoms with E-state index >= 15 is 0 Å². The van der Waals surface area contributed by atoms with Crippen LogP contribution in [0, 0.1) is 11.8 Å². The summed E-state index contributed by atoms with van der Waals surface area (Å²) < 4.78 is 5.98. The van der Waals surface area contributed by atoms with Gasteiger partial charge in [0.2, 0.25) is 5.91 Å². The average Bonchev–Trinajstić information content (AvgIpc) is 3.15. The van der Waals surface area contributed by atoms with Gasteiger partial charge in [-0.05, 0) is 47.4 Å². The molecule has 0 radical (unpaired) electrons. The van der Waals surface area contributed by atoms with Gasteiger partial charge in [-0.2, -0.15) is 11.3 Å². The second-order valence-corrected chi connectivity index (χ2v) is 7.63. The molecule has 0 saturated carbocycles. The fourth-order valence-corrected chi connectivity index (χ4v) is 4.63. The number of hydrogen-bond acceptors (Lipinski definition) is 5. The highest BCUT2D eigenvalue weighted by molar-refractivity contribution is 7.07. The highest BCUT2D eigenvalue weighted by Crippen LogP contribution is 2.34. The number of hydrogen-bond donors (Lipinski definition) is 1. The topological polar surface area (TPSA) is 54.5 Å². The summed E-state index contributed by atoms with van der Waals surface area (Å²) in [5, 5.41) is 7.36. The van der Waals surface area contributed by atoms with E-state index in [0.717, 1.165) is 38.2 Å². The average molecular weight is 357 g/mol. The molecule has 2 saturated heterocycles. The van der Waals surface area contributed by atoms with Gasteiger partial charge in [-0.15, -0.1) is 0 Å². The summed E-state index contributed by atoms with van der Waals surface area (Å²) >= 11 is 1.74.